The summed E-state index contributed by atoms with van der Waals surface area (Å²) in [6.45, 7) is 0.706. The molecular weight excluding hydrogens is 422 g/mol. The van der Waals surface area contributed by atoms with Gasteiger partial charge in [0.15, 0.2) is 18.2 Å². The van der Waals surface area contributed by atoms with E-state index >= 15 is 0 Å². The smallest absolute Gasteiger partial charge is 0.260 e. The van der Waals surface area contributed by atoms with E-state index in [0.717, 1.165) is 31.7 Å². The zero-order chi connectivity index (χ0) is 22.3. The van der Waals surface area contributed by atoms with Gasteiger partial charge >= 0.3 is 0 Å². The van der Waals surface area contributed by atoms with Gasteiger partial charge in [-0.3, -0.25) is 9.59 Å². The maximum absolute atomic E-state index is 14.7. The van der Waals surface area contributed by atoms with E-state index in [4.69, 9.17) is 14.2 Å². The van der Waals surface area contributed by atoms with Crippen molar-refractivity contribution in [2.45, 2.75) is 62.1 Å². The van der Waals surface area contributed by atoms with Crippen LogP contribution < -0.4 is 10.1 Å². The van der Waals surface area contributed by atoms with Crippen LogP contribution in [0.15, 0.2) is 12.1 Å². The minimum absolute atomic E-state index is 0.00299. The van der Waals surface area contributed by atoms with Crippen molar-refractivity contribution in [2.75, 3.05) is 33.0 Å². The molecular formula is C23H28F2N2O5. The number of benzene rings is 1. The SMILES string of the molecule is O=C1COC[C@@]2(CCCN3C(=O)COc4c(F)cc(F)cc4[C@H]4CC[C@H](CC4)OC[C@H]32)N1. The second kappa shape index (κ2) is 8.59. The van der Waals surface area contributed by atoms with Gasteiger partial charge in [0.05, 0.1) is 30.9 Å². The molecule has 1 N–H and O–H groups in total. The Morgan fingerprint density at radius 3 is 2.69 bits per heavy atom. The molecule has 9 heteroatoms. The number of amides is 2. The summed E-state index contributed by atoms with van der Waals surface area (Å²) >= 11 is 0. The van der Waals surface area contributed by atoms with Gasteiger partial charge in [0, 0.05) is 18.2 Å². The molecule has 2 amide bonds. The molecule has 3 fully saturated rings. The number of carbonyl (C=O) groups excluding carboxylic acids is 2. The molecule has 2 saturated heterocycles. The summed E-state index contributed by atoms with van der Waals surface area (Å²) < 4.78 is 46.2. The predicted molar refractivity (Wildman–Crippen MR) is 109 cm³/mol. The van der Waals surface area contributed by atoms with Crippen LogP contribution in [0.4, 0.5) is 8.78 Å². The van der Waals surface area contributed by atoms with Crippen LogP contribution >= 0.6 is 0 Å². The lowest BCUT2D eigenvalue weighted by Crippen LogP contribution is -2.72. The number of rotatable bonds is 0. The second-order valence-electron chi connectivity index (χ2n) is 9.31. The van der Waals surface area contributed by atoms with Gasteiger partial charge in [-0.05, 0) is 50.5 Å². The molecule has 32 heavy (non-hydrogen) atoms. The normalized spacial score (nSPS) is 33.3. The fourth-order valence-corrected chi connectivity index (χ4v) is 5.74. The molecule has 1 aromatic rings. The summed E-state index contributed by atoms with van der Waals surface area (Å²) in [6.07, 6.45) is 4.30. The van der Waals surface area contributed by atoms with Gasteiger partial charge in [0.25, 0.3) is 5.91 Å². The molecule has 6 rings (SSSR count). The van der Waals surface area contributed by atoms with Gasteiger partial charge in [0.1, 0.15) is 12.4 Å². The van der Waals surface area contributed by atoms with E-state index in [1.165, 1.54) is 6.07 Å². The van der Waals surface area contributed by atoms with Gasteiger partial charge in [-0.2, -0.15) is 0 Å². The largest absolute Gasteiger partial charge is 0.480 e. The Morgan fingerprint density at radius 1 is 1.09 bits per heavy atom. The van der Waals surface area contributed by atoms with E-state index in [1.54, 1.807) is 4.90 Å². The number of piperidine rings is 1. The van der Waals surface area contributed by atoms with Crippen molar-refractivity contribution in [1.29, 1.82) is 0 Å². The van der Waals surface area contributed by atoms with Crippen LogP contribution in [0.3, 0.4) is 0 Å². The molecule has 174 valence electrons. The molecule has 4 aliphatic heterocycles. The highest BCUT2D eigenvalue weighted by atomic mass is 19.1. The van der Waals surface area contributed by atoms with Gasteiger partial charge in [-0.25, -0.2) is 8.78 Å². The quantitative estimate of drug-likeness (QED) is 0.656. The maximum atomic E-state index is 14.7. The molecule has 0 aromatic heterocycles. The highest BCUT2D eigenvalue weighted by molar-refractivity contribution is 5.81. The molecule has 1 aromatic carbocycles. The van der Waals surface area contributed by atoms with Crippen molar-refractivity contribution < 1.29 is 32.6 Å². The zero-order valence-electron chi connectivity index (χ0n) is 17.9. The maximum Gasteiger partial charge on any atom is 0.260 e. The summed E-state index contributed by atoms with van der Waals surface area (Å²) in [6, 6.07) is 1.71. The highest BCUT2D eigenvalue weighted by Gasteiger charge is 2.50. The minimum Gasteiger partial charge on any atom is -0.480 e. The molecule has 1 aliphatic carbocycles. The third-order valence-electron chi connectivity index (χ3n) is 7.32. The third-order valence-corrected chi connectivity index (χ3v) is 7.32. The minimum atomic E-state index is -0.791. The number of halogens is 2. The van der Waals surface area contributed by atoms with Crippen LogP contribution in [-0.2, 0) is 19.1 Å². The lowest BCUT2D eigenvalue weighted by atomic mass is 9.80. The Kier molecular flexibility index (Phi) is 5.79. The van der Waals surface area contributed by atoms with Crippen LogP contribution in [0, 0.1) is 11.6 Å². The van der Waals surface area contributed by atoms with Gasteiger partial charge in [-0.15, -0.1) is 0 Å². The highest BCUT2D eigenvalue weighted by Crippen LogP contribution is 2.41. The molecule has 5 aliphatic rings. The molecule has 0 unspecified atom stereocenters. The first-order valence-corrected chi connectivity index (χ1v) is 11.4. The van der Waals surface area contributed by atoms with Crippen LogP contribution in [0.2, 0.25) is 0 Å². The number of hydrogen-bond acceptors (Lipinski definition) is 5. The average Bonchev–Trinajstić information content (AvgIpc) is 2.78. The molecule has 1 saturated carbocycles. The Morgan fingerprint density at radius 2 is 1.91 bits per heavy atom. The number of ether oxygens (including phenoxy) is 3. The van der Waals surface area contributed by atoms with Gasteiger partial charge < -0.3 is 24.4 Å². The second-order valence-corrected chi connectivity index (χ2v) is 9.31. The summed E-state index contributed by atoms with van der Waals surface area (Å²) in [5, 5.41) is 3.07. The van der Waals surface area contributed by atoms with Crippen LogP contribution in [0.25, 0.3) is 0 Å². The van der Waals surface area contributed by atoms with E-state index in [2.05, 4.69) is 5.32 Å². The first-order chi connectivity index (χ1) is 15.4. The Hall–Kier alpha value is -2.26. The number of carbonyl (C=O) groups is 2. The number of nitrogens with zero attached hydrogens (tertiary/aromatic N) is 1. The molecule has 7 nitrogen and oxygen atoms in total. The predicted octanol–water partition coefficient (Wildman–Crippen LogP) is 2.28. The average molecular weight is 450 g/mol. The molecule has 1 spiro atoms. The standard InChI is InChI=1S/C23H28F2N2O5/c24-15-8-17-14-2-4-16(5-3-14)31-10-19-23(13-30-11-20(28)26-23)6-1-7-27(19)21(29)12-32-22(17)18(25)9-15/h8-9,14,16,19H,1-7,10-13H2,(H,26,28)/t14-,16+,19-,23+/m0/s1. The molecule has 2 atom stereocenters. The van der Waals surface area contributed by atoms with Crippen molar-refractivity contribution in [3.05, 3.63) is 29.3 Å². The van der Waals surface area contributed by atoms with Crippen molar-refractivity contribution in [3.63, 3.8) is 0 Å². The lowest BCUT2D eigenvalue weighted by Gasteiger charge is -2.51. The van der Waals surface area contributed by atoms with Crippen molar-refractivity contribution in [2.24, 2.45) is 0 Å². The third kappa shape index (κ3) is 3.96. The van der Waals surface area contributed by atoms with E-state index in [-0.39, 0.29) is 49.4 Å². The summed E-state index contributed by atoms with van der Waals surface area (Å²) in [7, 11) is 0. The first-order valence-electron chi connectivity index (χ1n) is 11.4. The lowest BCUT2D eigenvalue weighted by molar-refractivity contribution is -0.156. The van der Waals surface area contributed by atoms with E-state index in [1.807, 2.05) is 0 Å². The van der Waals surface area contributed by atoms with E-state index < -0.39 is 23.2 Å². The molecule has 2 bridgehead atoms. The zero-order valence-corrected chi connectivity index (χ0v) is 17.9. The molecule has 4 heterocycles. The van der Waals surface area contributed by atoms with Gasteiger partial charge in [-0.1, -0.05) is 0 Å². The monoisotopic (exact) mass is 450 g/mol. The van der Waals surface area contributed by atoms with Crippen LogP contribution in [-0.4, -0.2) is 67.4 Å². The van der Waals surface area contributed by atoms with Crippen molar-refractivity contribution in [1.82, 2.24) is 10.2 Å². The fourth-order valence-electron chi connectivity index (χ4n) is 5.74. The summed E-state index contributed by atoms with van der Waals surface area (Å²) in [5.74, 6) is -2.06. The Balaban J connectivity index is 1.48. The number of hydrogen-bond donors (Lipinski definition) is 1. The first kappa shape index (κ1) is 21.6. The Bertz CT molecular complexity index is 901. The fraction of sp³-hybridized carbons (Fsp3) is 0.652. The summed E-state index contributed by atoms with van der Waals surface area (Å²) in [5.41, 5.74) is -0.236. The van der Waals surface area contributed by atoms with E-state index in [0.29, 0.717) is 31.6 Å². The van der Waals surface area contributed by atoms with Crippen molar-refractivity contribution in [3.8, 4) is 5.75 Å². The van der Waals surface area contributed by atoms with Crippen LogP contribution in [0.5, 0.6) is 5.75 Å². The molecule has 0 radical (unpaired) electrons. The van der Waals surface area contributed by atoms with Crippen molar-refractivity contribution >= 4 is 11.8 Å². The number of morpholine rings is 1. The number of nitrogens with one attached hydrogen (secondary N) is 1. The number of fused-ring (bicyclic) bond motifs is 5. The van der Waals surface area contributed by atoms with Crippen LogP contribution in [0.1, 0.15) is 50.0 Å². The summed E-state index contributed by atoms with van der Waals surface area (Å²) in [4.78, 5) is 27.1. The Labute approximate surface area is 185 Å². The topological polar surface area (TPSA) is 77.1 Å². The van der Waals surface area contributed by atoms with E-state index in [9.17, 15) is 18.4 Å². The van der Waals surface area contributed by atoms with Gasteiger partial charge in [0.2, 0.25) is 5.91 Å².